The van der Waals surface area contributed by atoms with E-state index in [1.807, 2.05) is 0 Å². The molecular formula is C13H27N. The van der Waals surface area contributed by atoms with E-state index in [1.165, 1.54) is 32.1 Å². The van der Waals surface area contributed by atoms with E-state index in [1.54, 1.807) is 0 Å². The Labute approximate surface area is 89.7 Å². The third-order valence-corrected chi connectivity index (χ3v) is 3.84. The van der Waals surface area contributed by atoms with E-state index in [0.29, 0.717) is 11.5 Å². The maximum absolute atomic E-state index is 3.63. The van der Waals surface area contributed by atoms with Crippen molar-refractivity contribution in [2.75, 3.05) is 6.54 Å². The number of hydrogen-bond donors (Lipinski definition) is 1. The Morgan fingerprint density at radius 2 is 1.71 bits per heavy atom. The minimum atomic E-state index is 0.615. The molecule has 1 N–H and O–H groups in total. The van der Waals surface area contributed by atoms with Crippen molar-refractivity contribution in [3.63, 3.8) is 0 Å². The van der Waals surface area contributed by atoms with Crippen molar-refractivity contribution in [3.8, 4) is 0 Å². The van der Waals surface area contributed by atoms with Gasteiger partial charge in [0.25, 0.3) is 0 Å². The second-order valence-corrected chi connectivity index (χ2v) is 5.45. The molecule has 0 aromatic rings. The van der Waals surface area contributed by atoms with Crippen LogP contribution in [0.5, 0.6) is 0 Å². The zero-order valence-electron chi connectivity index (χ0n) is 10.4. The first-order valence-corrected chi connectivity index (χ1v) is 6.34. The highest BCUT2D eigenvalue weighted by Gasteiger charge is 2.38. The van der Waals surface area contributed by atoms with E-state index in [4.69, 9.17) is 0 Å². The van der Waals surface area contributed by atoms with Crippen molar-refractivity contribution in [1.29, 1.82) is 0 Å². The maximum Gasteiger partial charge on any atom is 0.00951 e. The van der Waals surface area contributed by atoms with Gasteiger partial charge in [-0.2, -0.15) is 0 Å². The zero-order chi connectivity index (χ0) is 10.6. The molecule has 1 rings (SSSR count). The highest BCUT2D eigenvalue weighted by Crippen LogP contribution is 2.45. The van der Waals surface area contributed by atoms with Gasteiger partial charge in [-0.1, -0.05) is 33.6 Å². The van der Waals surface area contributed by atoms with Gasteiger partial charge in [0.05, 0.1) is 0 Å². The van der Waals surface area contributed by atoms with E-state index in [9.17, 15) is 0 Å². The molecule has 84 valence electrons. The van der Waals surface area contributed by atoms with Crippen LogP contribution in [0.4, 0.5) is 0 Å². The fourth-order valence-corrected chi connectivity index (χ4v) is 3.23. The summed E-state index contributed by atoms with van der Waals surface area (Å²) >= 11 is 0. The summed E-state index contributed by atoms with van der Waals surface area (Å²) in [6.07, 6.45) is 7.19. The lowest BCUT2D eigenvalue weighted by Crippen LogP contribution is -2.42. The van der Waals surface area contributed by atoms with Gasteiger partial charge in [-0.25, -0.2) is 0 Å². The Morgan fingerprint density at radius 3 is 2.14 bits per heavy atom. The van der Waals surface area contributed by atoms with E-state index >= 15 is 0 Å². The molecule has 0 aromatic heterocycles. The molecule has 0 spiro atoms. The van der Waals surface area contributed by atoms with E-state index in [0.717, 1.165) is 12.5 Å². The largest absolute Gasteiger partial charge is 0.314 e. The van der Waals surface area contributed by atoms with Crippen LogP contribution in [0.25, 0.3) is 0 Å². The van der Waals surface area contributed by atoms with Gasteiger partial charge in [0.1, 0.15) is 0 Å². The predicted octanol–water partition coefficient (Wildman–Crippen LogP) is 3.59. The summed E-state index contributed by atoms with van der Waals surface area (Å²) in [5.41, 5.74) is 0.615. The average Bonchev–Trinajstić information content (AvgIpc) is 2.53. The van der Waals surface area contributed by atoms with Crippen molar-refractivity contribution < 1.29 is 0 Å². The Balaban J connectivity index is 2.60. The molecule has 1 unspecified atom stereocenters. The minimum Gasteiger partial charge on any atom is -0.314 e. The lowest BCUT2D eigenvalue weighted by molar-refractivity contribution is 0.167. The average molecular weight is 197 g/mol. The van der Waals surface area contributed by atoms with Gasteiger partial charge in [0.15, 0.2) is 0 Å². The summed E-state index contributed by atoms with van der Waals surface area (Å²) in [5.74, 6) is 0.842. The fourth-order valence-electron chi connectivity index (χ4n) is 3.23. The first-order valence-electron chi connectivity index (χ1n) is 6.34. The van der Waals surface area contributed by atoms with Crippen LogP contribution in [0.1, 0.15) is 59.8 Å². The van der Waals surface area contributed by atoms with Gasteiger partial charge >= 0.3 is 0 Å². The zero-order valence-corrected chi connectivity index (χ0v) is 10.4. The van der Waals surface area contributed by atoms with Crippen LogP contribution in [0.3, 0.4) is 0 Å². The fraction of sp³-hybridized carbons (Fsp3) is 1.00. The first-order chi connectivity index (χ1) is 6.60. The molecule has 0 amide bonds. The Hall–Kier alpha value is -0.0400. The van der Waals surface area contributed by atoms with Crippen molar-refractivity contribution in [2.45, 2.75) is 65.8 Å². The molecule has 0 radical (unpaired) electrons. The van der Waals surface area contributed by atoms with Crippen LogP contribution in [0, 0.1) is 11.3 Å². The van der Waals surface area contributed by atoms with E-state index < -0.39 is 0 Å². The molecule has 1 aliphatic rings. The summed E-state index contributed by atoms with van der Waals surface area (Å²) in [6.45, 7) is 10.4. The molecule has 0 aromatic carbocycles. The smallest absolute Gasteiger partial charge is 0.00951 e. The molecule has 14 heavy (non-hydrogen) atoms. The molecule has 1 nitrogen and oxygen atoms in total. The van der Waals surface area contributed by atoms with Crippen LogP contribution in [-0.2, 0) is 0 Å². The molecule has 0 bridgehead atoms. The maximum atomic E-state index is 3.63. The molecule has 1 saturated carbocycles. The molecular weight excluding hydrogens is 170 g/mol. The van der Waals surface area contributed by atoms with Crippen molar-refractivity contribution in [3.05, 3.63) is 0 Å². The lowest BCUT2D eigenvalue weighted by Gasteiger charge is -2.37. The Kier molecular flexibility index (Phi) is 4.43. The van der Waals surface area contributed by atoms with Gasteiger partial charge < -0.3 is 5.32 Å². The van der Waals surface area contributed by atoms with E-state index in [2.05, 4.69) is 33.0 Å². The Bertz CT molecular complexity index is 157. The van der Waals surface area contributed by atoms with Gasteiger partial charge in [0.2, 0.25) is 0 Å². The van der Waals surface area contributed by atoms with Crippen LogP contribution in [0.2, 0.25) is 0 Å². The highest BCUT2D eigenvalue weighted by atomic mass is 14.9. The third-order valence-electron chi connectivity index (χ3n) is 3.84. The van der Waals surface area contributed by atoms with Crippen LogP contribution < -0.4 is 5.32 Å². The van der Waals surface area contributed by atoms with Crippen molar-refractivity contribution in [2.24, 2.45) is 11.3 Å². The lowest BCUT2D eigenvalue weighted by atomic mass is 9.73. The minimum absolute atomic E-state index is 0.615. The summed E-state index contributed by atoms with van der Waals surface area (Å²) in [5, 5.41) is 3.63. The number of nitrogens with one attached hydrogen (secondary N) is 1. The predicted molar refractivity (Wildman–Crippen MR) is 63.5 cm³/mol. The van der Waals surface area contributed by atoms with Crippen molar-refractivity contribution >= 4 is 0 Å². The van der Waals surface area contributed by atoms with Crippen LogP contribution >= 0.6 is 0 Å². The molecule has 0 aliphatic heterocycles. The summed E-state index contributed by atoms with van der Waals surface area (Å²) < 4.78 is 0. The molecule has 0 saturated heterocycles. The van der Waals surface area contributed by atoms with Crippen LogP contribution in [0.15, 0.2) is 0 Å². The normalized spacial score (nSPS) is 22.9. The van der Waals surface area contributed by atoms with Gasteiger partial charge in [-0.15, -0.1) is 0 Å². The Morgan fingerprint density at radius 1 is 1.14 bits per heavy atom. The quantitative estimate of drug-likeness (QED) is 0.710. The second kappa shape index (κ2) is 5.16. The standard InChI is InChI=1S/C13H27N/c1-5-14-12(4)13(10-11(2)3)8-6-7-9-13/h11-12,14H,5-10H2,1-4H3. The SMILES string of the molecule is CCNC(C)C1(CC(C)C)CCCC1. The van der Waals surface area contributed by atoms with Gasteiger partial charge in [-0.3, -0.25) is 0 Å². The summed E-state index contributed by atoms with van der Waals surface area (Å²) in [6, 6.07) is 0.706. The summed E-state index contributed by atoms with van der Waals surface area (Å²) in [7, 11) is 0. The second-order valence-electron chi connectivity index (χ2n) is 5.45. The third kappa shape index (κ3) is 2.73. The molecule has 1 fully saturated rings. The molecule has 1 aliphatic carbocycles. The van der Waals surface area contributed by atoms with Crippen LogP contribution in [-0.4, -0.2) is 12.6 Å². The monoisotopic (exact) mass is 197 g/mol. The van der Waals surface area contributed by atoms with Gasteiger partial charge in [-0.05, 0) is 44.1 Å². The van der Waals surface area contributed by atoms with E-state index in [-0.39, 0.29) is 0 Å². The molecule has 0 heterocycles. The first kappa shape index (κ1) is 12.0. The number of hydrogen-bond acceptors (Lipinski definition) is 1. The topological polar surface area (TPSA) is 12.0 Å². The summed E-state index contributed by atoms with van der Waals surface area (Å²) in [4.78, 5) is 0. The highest BCUT2D eigenvalue weighted by molar-refractivity contribution is 4.92. The van der Waals surface area contributed by atoms with Gasteiger partial charge in [0, 0.05) is 6.04 Å². The molecule has 1 heteroatoms. The molecule has 1 atom stereocenters. The number of rotatable bonds is 5. The van der Waals surface area contributed by atoms with Crippen molar-refractivity contribution in [1.82, 2.24) is 5.32 Å².